The normalized spacial score (nSPS) is 19.7. The lowest BCUT2D eigenvalue weighted by Gasteiger charge is -2.21. The molecule has 1 aromatic rings. The maximum absolute atomic E-state index is 12.6. The Kier molecular flexibility index (Phi) is 8.28. The molecule has 1 atom stereocenters. The molecule has 8 nitrogen and oxygen atoms in total. The molecule has 2 amide bonds. The van der Waals surface area contributed by atoms with Gasteiger partial charge in [0.05, 0.1) is 6.54 Å². The molecule has 1 saturated heterocycles. The van der Waals surface area contributed by atoms with Crippen LogP contribution >= 0.6 is 0 Å². The van der Waals surface area contributed by atoms with Gasteiger partial charge < -0.3 is 25.8 Å². The molecule has 1 aromatic carbocycles. The minimum Gasteiger partial charge on any atom is -0.352 e. The number of aliphatic imine (C=N–C) groups is 1. The van der Waals surface area contributed by atoms with E-state index in [1.165, 1.54) is 12.8 Å². The van der Waals surface area contributed by atoms with Crippen molar-refractivity contribution >= 4 is 23.5 Å². The van der Waals surface area contributed by atoms with Crippen LogP contribution < -0.4 is 16.0 Å². The van der Waals surface area contributed by atoms with Crippen molar-refractivity contribution < 1.29 is 9.59 Å². The van der Waals surface area contributed by atoms with Gasteiger partial charge in [-0.25, -0.2) is 0 Å². The molecule has 170 valence electrons. The largest absolute Gasteiger partial charge is 0.352 e. The molecule has 1 aliphatic heterocycles. The average molecular weight is 429 g/mol. The van der Waals surface area contributed by atoms with Gasteiger partial charge in [-0.2, -0.15) is 0 Å². The quantitative estimate of drug-likeness (QED) is 0.454. The standard InChI is InChI=1S/C23H36N6O2/c1-24-23(27-20-11-12-29(15-20)22(31)18-8-4-5-9-18)25-14-17-7-6-10-19(13-17)26-21(30)16-28(2)3/h6-7,10,13,18,20H,4-5,8-9,11-12,14-16H2,1-3H3,(H,26,30)(H2,24,25,27). The molecule has 3 N–H and O–H groups in total. The van der Waals surface area contributed by atoms with Gasteiger partial charge in [-0.1, -0.05) is 25.0 Å². The zero-order valence-electron chi connectivity index (χ0n) is 19.0. The number of guanidine groups is 1. The van der Waals surface area contributed by atoms with Gasteiger partial charge in [0.15, 0.2) is 5.96 Å². The summed E-state index contributed by atoms with van der Waals surface area (Å²) in [5, 5.41) is 9.71. The molecule has 1 heterocycles. The van der Waals surface area contributed by atoms with E-state index in [9.17, 15) is 9.59 Å². The highest BCUT2D eigenvalue weighted by Gasteiger charge is 2.32. The Morgan fingerprint density at radius 1 is 1.19 bits per heavy atom. The third kappa shape index (κ3) is 6.95. The molecule has 1 aliphatic carbocycles. The number of hydrogen-bond acceptors (Lipinski definition) is 4. The first-order valence-corrected chi connectivity index (χ1v) is 11.2. The van der Waals surface area contributed by atoms with Crippen LogP contribution in [0.3, 0.4) is 0 Å². The number of likely N-dealkylation sites (tertiary alicyclic amines) is 1. The number of carbonyl (C=O) groups is 2. The van der Waals surface area contributed by atoms with Crippen molar-refractivity contribution in [1.29, 1.82) is 0 Å². The molecule has 0 aromatic heterocycles. The molecule has 3 rings (SSSR count). The van der Waals surface area contributed by atoms with Crippen molar-refractivity contribution in [3.8, 4) is 0 Å². The Balaban J connectivity index is 1.46. The molecule has 1 unspecified atom stereocenters. The van der Waals surface area contributed by atoms with Crippen molar-refractivity contribution in [2.45, 2.75) is 44.7 Å². The lowest BCUT2D eigenvalue weighted by molar-refractivity contribution is -0.134. The Bertz CT molecular complexity index is 788. The fourth-order valence-corrected chi connectivity index (χ4v) is 4.33. The van der Waals surface area contributed by atoms with E-state index in [2.05, 4.69) is 20.9 Å². The Morgan fingerprint density at radius 3 is 2.68 bits per heavy atom. The number of likely N-dealkylation sites (N-methyl/N-ethyl adjacent to an activating group) is 1. The summed E-state index contributed by atoms with van der Waals surface area (Å²) in [6.07, 6.45) is 5.40. The van der Waals surface area contributed by atoms with Crippen molar-refractivity contribution in [1.82, 2.24) is 20.4 Å². The predicted molar refractivity (Wildman–Crippen MR) is 124 cm³/mol. The number of amides is 2. The second-order valence-corrected chi connectivity index (χ2v) is 8.81. The van der Waals surface area contributed by atoms with Gasteiger partial charge in [0.25, 0.3) is 0 Å². The summed E-state index contributed by atoms with van der Waals surface area (Å²) in [5.74, 6) is 1.26. The van der Waals surface area contributed by atoms with Gasteiger partial charge in [0.2, 0.25) is 11.8 Å². The SMILES string of the molecule is CN=C(NCc1cccc(NC(=O)CN(C)C)c1)NC1CCN(C(=O)C2CCCC2)C1. The zero-order valence-corrected chi connectivity index (χ0v) is 19.0. The van der Waals surface area contributed by atoms with Gasteiger partial charge in [0, 0.05) is 44.3 Å². The first-order chi connectivity index (χ1) is 14.9. The van der Waals surface area contributed by atoms with Gasteiger partial charge in [0.1, 0.15) is 0 Å². The topological polar surface area (TPSA) is 89.1 Å². The summed E-state index contributed by atoms with van der Waals surface area (Å²) < 4.78 is 0. The minimum atomic E-state index is -0.0366. The van der Waals surface area contributed by atoms with E-state index >= 15 is 0 Å². The van der Waals surface area contributed by atoms with E-state index in [0.717, 1.165) is 49.6 Å². The van der Waals surface area contributed by atoms with Crippen LogP contribution in [0.1, 0.15) is 37.7 Å². The number of benzene rings is 1. The van der Waals surface area contributed by atoms with E-state index in [1.54, 1.807) is 7.05 Å². The van der Waals surface area contributed by atoms with E-state index in [1.807, 2.05) is 48.2 Å². The molecular weight excluding hydrogens is 392 g/mol. The van der Waals surface area contributed by atoms with Crippen molar-refractivity contribution in [3.05, 3.63) is 29.8 Å². The van der Waals surface area contributed by atoms with Crippen LogP contribution in [0.25, 0.3) is 0 Å². The zero-order chi connectivity index (χ0) is 22.2. The first-order valence-electron chi connectivity index (χ1n) is 11.2. The van der Waals surface area contributed by atoms with Crippen LogP contribution in [0.5, 0.6) is 0 Å². The van der Waals surface area contributed by atoms with Gasteiger partial charge in [-0.05, 0) is 51.1 Å². The Labute approximate surface area is 185 Å². The average Bonchev–Trinajstić information content (AvgIpc) is 3.42. The molecular formula is C23H36N6O2. The van der Waals surface area contributed by atoms with Gasteiger partial charge >= 0.3 is 0 Å². The Morgan fingerprint density at radius 2 is 1.97 bits per heavy atom. The molecule has 0 bridgehead atoms. The second-order valence-electron chi connectivity index (χ2n) is 8.81. The number of carbonyl (C=O) groups excluding carboxylic acids is 2. The summed E-state index contributed by atoms with van der Waals surface area (Å²) in [6.45, 7) is 2.50. The van der Waals surface area contributed by atoms with Crippen LogP contribution in [0, 0.1) is 5.92 Å². The molecule has 31 heavy (non-hydrogen) atoms. The number of hydrogen-bond donors (Lipinski definition) is 3. The highest BCUT2D eigenvalue weighted by Crippen LogP contribution is 2.27. The molecule has 2 fully saturated rings. The summed E-state index contributed by atoms with van der Waals surface area (Å²) >= 11 is 0. The first kappa shape index (κ1) is 23.1. The number of anilines is 1. The monoisotopic (exact) mass is 428 g/mol. The second kappa shape index (κ2) is 11.1. The van der Waals surface area contributed by atoms with E-state index in [-0.39, 0.29) is 17.9 Å². The molecule has 2 aliphatic rings. The maximum atomic E-state index is 12.6. The lowest BCUT2D eigenvalue weighted by Crippen LogP contribution is -2.45. The fraction of sp³-hybridized carbons (Fsp3) is 0.609. The smallest absolute Gasteiger partial charge is 0.238 e. The highest BCUT2D eigenvalue weighted by molar-refractivity contribution is 5.92. The van der Waals surface area contributed by atoms with Gasteiger partial charge in [-0.15, -0.1) is 0 Å². The minimum absolute atomic E-state index is 0.0366. The Hall–Kier alpha value is -2.61. The van der Waals surface area contributed by atoms with Crippen LogP contribution in [-0.4, -0.2) is 74.4 Å². The van der Waals surface area contributed by atoms with Crippen LogP contribution in [0.2, 0.25) is 0 Å². The fourth-order valence-electron chi connectivity index (χ4n) is 4.33. The summed E-state index contributed by atoms with van der Waals surface area (Å²) in [6, 6.07) is 8.01. The van der Waals surface area contributed by atoms with E-state index < -0.39 is 0 Å². The van der Waals surface area contributed by atoms with Crippen LogP contribution in [0.4, 0.5) is 5.69 Å². The van der Waals surface area contributed by atoms with Crippen LogP contribution in [-0.2, 0) is 16.1 Å². The number of nitrogens with one attached hydrogen (secondary N) is 3. The molecule has 8 heteroatoms. The summed E-state index contributed by atoms with van der Waals surface area (Å²) in [4.78, 5) is 32.8. The van der Waals surface area contributed by atoms with Gasteiger partial charge in [-0.3, -0.25) is 14.6 Å². The van der Waals surface area contributed by atoms with Crippen LogP contribution in [0.15, 0.2) is 29.3 Å². The molecule has 0 radical (unpaired) electrons. The van der Waals surface area contributed by atoms with E-state index in [4.69, 9.17) is 0 Å². The highest BCUT2D eigenvalue weighted by atomic mass is 16.2. The summed E-state index contributed by atoms with van der Waals surface area (Å²) in [5.41, 5.74) is 1.83. The third-order valence-corrected chi connectivity index (χ3v) is 5.90. The van der Waals surface area contributed by atoms with Crippen molar-refractivity contribution in [2.75, 3.05) is 46.1 Å². The van der Waals surface area contributed by atoms with Crippen molar-refractivity contribution in [2.24, 2.45) is 10.9 Å². The predicted octanol–water partition coefficient (Wildman–Crippen LogP) is 1.64. The maximum Gasteiger partial charge on any atom is 0.238 e. The lowest BCUT2D eigenvalue weighted by atomic mass is 10.1. The molecule has 0 spiro atoms. The van der Waals surface area contributed by atoms with E-state index in [0.29, 0.717) is 19.0 Å². The third-order valence-electron chi connectivity index (χ3n) is 5.90. The molecule has 1 saturated carbocycles. The number of nitrogens with zero attached hydrogens (tertiary/aromatic N) is 3. The summed E-state index contributed by atoms with van der Waals surface area (Å²) in [7, 11) is 5.49. The van der Waals surface area contributed by atoms with Crippen molar-refractivity contribution in [3.63, 3.8) is 0 Å². The number of rotatable bonds is 7.